The summed E-state index contributed by atoms with van der Waals surface area (Å²) in [6.07, 6.45) is 5.88. The zero-order chi connectivity index (χ0) is 16.1. The van der Waals surface area contributed by atoms with E-state index in [0.717, 1.165) is 22.6 Å². The van der Waals surface area contributed by atoms with Crippen LogP contribution in [-0.2, 0) is 6.42 Å². The number of amides is 1. The molecule has 0 bridgehead atoms. The van der Waals surface area contributed by atoms with Gasteiger partial charge in [-0.1, -0.05) is 6.07 Å². The third kappa shape index (κ3) is 3.89. The zero-order valence-corrected chi connectivity index (χ0v) is 13.1. The fourth-order valence-electron chi connectivity index (χ4n) is 2.06. The highest BCUT2D eigenvalue weighted by atomic mass is 32.1. The number of nitrogens with two attached hydrogens (primary N) is 1. The molecule has 0 atom stereocenters. The Morgan fingerprint density at radius 1 is 1.22 bits per heavy atom. The van der Waals surface area contributed by atoms with Crippen molar-refractivity contribution in [1.82, 2.24) is 20.3 Å². The van der Waals surface area contributed by atoms with E-state index in [2.05, 4.69) is 20.3 Å². The van der Waals surface area contributed by atoms with Crippen molar-refractivity contribution in [2.24, 2.45) is 0 Å². The smallest absolute Gasteiger partial charge is 0.261 e. The van der Waals surface area contributed by atoms with E-state index in [-0.39, 0.29) is 11.9 Å². The Morgan fingerprint density at radius 2 is 2.13 bits per heavy atom. The van der Waals surface area contributed by atoms with E-state index in [1.54, 1.807) is 30.7 Å². The van der Waals surface area contributed by atoms with E-state index in [4.69, 9.17) is 5.73 Å². The van der Waals surface area contributed by atoms with Gasteiger partial charge in [-0.3, -0.25) is 9.78 Å². The lowest BCUT2D eigenvalue weighted by molar-refractivity contribution is 0.0958. The first-order valence-electron chi connectivity index (χ1n) is 7.08. The number of nitrogen functional groups attached to an aromatic ring is 1. The van der Waals surface area contributed by atoms with Gasteiger partial charge in [-0.15, -0.1) is 11.3 Å². The summed E-state index contributed by atoms with van der Waals surface area (Å²) in [4.78, 5) is 25.8. The number of aromatic nitrogens is 3. The van der Waals surface area contributed by atoms with Crippen molar-refractivity contribution < 1.29 is 4.79 Å². The second-order valence-corrected chi connectivity index (χ2v) is 5.91. The molecule has 3 N–H and O–H groups in total. The number of anilines is 1. The molecule has 6 nitrogen and oxygen atoms in total. The molecule has 0 aromatic carbocycles. The van der Waals surface area contributed by atoms with Crippen LogP contribution in [0.4, 0.5) is 5.95 Å². The molecule has 3 aromatic heterocycles. The first-order valence-corrected chi connectivity index (χ1v) is 7.90. The third-order valence-electron chi connectivity index (χ3n) is 3.18. The molecule has 23 heavy (non-hydrogen) atoms. The van der Waals surface area contributed by atoms with E-state index in [1.165, 1.54) is 11.3 Å². The SMILES string of the molecule is Nc1nccc(-c2ccc(C(=O)NCCc3cccnc3)s2)n1. The lowest BCUT2D eigenvalue weighted by Gasteiger charge is -2.03. The molecular weight excluding hydrogens is 310 g/mol. The standard InChI is InChI=1S/C16H15N5OS/c17-16-20-9-6-12(21-16)13-3-4-14(23-13)15(22)19-8-5-11-2-1-7-18-10-11/h1-4,6-7,9-10H,5,8H2,(H,19,22)(H2,17,20,21). The topological polar surface area (TPSA) is 93.8 Å². The van der Waals surface area contributed by atoms with Gasteiger partial charge >= 0.3 is 0 Å². The molecule has 0 radical (unpaired) electrons. The predicted molar refractivity (Wildman–Crippen MR) is 90.0 cm³/mol. The highest BCUT2D eigenvalue weighted by molar-refractivity contribution is 7.17. The van der Waals surface area contributed by atoms with E-state index in [1.807, 2.05) is 18.2 Å². The summed E-state index contributed by atoms with van der Waals surface area (Å²) in [5, 5.41) is 2.91. The highest BCUT2D eigenvalue weighted by Gasteiger charge is 2.11. The monoisotopic (exact) mass is 325 g/mol. The molecule has 0 spiro atoms. The first kappa shape index (κ1) is 15.1. The molecule has 116 valence electrons. The van der Waals surface area contributed by atoms with Crippen LogP contribution >= 0.6 is 11.3 Å². The zero-order valence-electron chi connectivity index (χ0n) is 12.3. The van der Waals surface area contributed by atoms with Crippen LogP contribution in [0.25, 0.3) is 10.6 Å². The van der Waals surface area contributed by atoms with E-state index in [0.29, 0.717) is 11.4 Å². The Kier molecular flexibility index (Phi) is 4.58. The van der Waals surface area contributed by atoms with E-state index < -0.39 is 0 Å². The highest BCUT2D eigenvalue weighted by Crippen LogP contribution is 2.26. The average Bonchev–Trinajstić information content (AvgIpc) is 3.06. The molecule has 0 aliphatic heterocycles. The lowest BCUT2D eigenvalue weighted by atomic mass is 10.2. The molecule has 0 aliphatic carbocycles. The van der Waals surface area contributed by atoms with Crippen molar-refractivity contribution in [1.29, 1.82) is 0 Å². The number of hydrogen-bond acceptors (Lipinski definition) is 6. The minimum absolute atomic E-state index is 0.0906. The van der Waals surface area contributed by atoms with Crippen LogP contribution in [0.5, 0.6) is 0 Å². The Balaban J connectivity index is 1.60. The number of carbonyl (C=O) groups is 1. The van der Waals surface area contributed by atoms with Gasteiger partial charge in [0.15, 0.2) is 0 Å². The molecule has 0 saturated heterocycles. The molecule has 0 unspecified atom stereocenters. The van der Waals surface area contributed by atoms with Gasteiger partial charge in [0.25, 0.3) is 5.91 Å². The van der Waals surface area contributed by atoms with Crippen molar-refractivity contribution in [3.8, 4) is 10.6 Å². The number of pyridine rings is 1. The second-order valence-electron chi connectivity index (χ2n) is 4.83. The Bertz CT molecular complexity index is 803. The van der Waals surface area contributed by atoms with Crippen LogP contribution in [0.15, 0.2) is 48.9 Å². The summed E-state index contributed by atoms with van der Waals surface area (Å²) in [6, 6.07) is 9.30. The van der Waals surface area contributed by atoms with Crippen LogP contribution in [0, 0.1) is 0 Å². The first-order chi connectivity index (χ1) is 11.2. The summed E-state index contributed by atoms with van der Waals surface area (Å²) in [6.45, 7) is 0.568. The van der Waals surface area contributed by atoms with Gasteiger partial charge in [0, 0.05) is 25.1 Å². The maximum absolute atomic E-state index is 12.2. The summed E-state index contributed by atoms with van der Waals surface area (Å²) in [5.41, 5.74) is 7.39. The molecule has 3 heterocycles. The van der Waals surface area contributed by atoms with Crippen molar-refractivity contribution in [3.05, 3.63) is 59.4 Å². The number of nitrogens with one attached hydrogen (secondary N) is 1. The van der Waals surface area contributed by atoms with Gasteiger partial charge < -0.3 is 11.1 Å². The molecule has 3 rings (SSSR count). The molecular formula is C16H15N5OS. The Hall–Kier alpha value is -2.80. The fraction of sp³-hybridized carbons (Fsp3) is 0.125. The Morgan fingerprint density at radius 3 is 2.91 bits per heavy atom. The van der Waals surface area contributed by atoms with Gasteiger partial charge in [0.1, 0.15) is 0 Å². The molecule has 0 fully saturated rings. The van der Waals surface area contributed by atoms with E-state index in [9.17, 15) is 4.79 Å². The summed E-state index contributed by atoms with van der Waals surface area (Å²) < 4.78 is 0. The molecule has 0 aliphatic rings. The van der Waals surface area contributed by atoms with Crippen LogP contribution < -0.4 is 11.1 Å². The molecule has 0 saturated carbocycles. The molecule has 1 amide bonds. The van der Waals surface area contributed by atoms with Crippen molar-refractivity contribution in [2.45, 2.75) is 6.42 Å². The maximum Gasteiger partial charge on any atom is 0.261 e. The predicted octanol–water partition coefficient (Wildman–Crippen LogP) is 2.15. The second kappa shape index (κ2) is 6.97. The number of hydrogen-bond donors (Lipinski definition) is 2. The van der Waals surface area contributed by atoms with Crippen LogP contribution in [0.2, 0.25) is 0 Å². The quantitative estimate of drug-likeness (QED) is 0.749. The number of thiophene rings is 1. The minimum Gasteiger partial charge on any atom is -0.368 e. The van der Waals surface area contributed by atoms with Gasteiger partial charge in [-0.25, -0.2) is 9.97 Å². The molecule has 3 aromatic rings. The largest absolute Gasteiger partial charge is 0.368 e. The summed E-state index contributed by atoms with van der Waals surface area (Å²) in [7, 11) is 0. The van der Waals surface area contributed by atoms with Crippen LogP contribution in [0.1, 0.15) is 15.2 Å². The Labute approximate surface area is 137 Å². The normalized spacial score (nSPS) is 10.4. The van der Waals surface area contributed by atoms with Crippen LogP contribution in [-0.4, -0.2) is 27.4 Å². The van der Waals surface area contributed by atoms with Crippen molar-refractivity contribution in [2.75, 3.05) is 12.3 Å². The lowest BCUT2D eigenvalue weighted by Crippen LogP contribution is -2.24. The number of rotatable bonds is 5. The van der Waals surface area contributed by atoms with Crippen molar-refractivity contribution >= 4 is 23.2 Å². The van der Waals surface area contributed by atoms with Crippen LogP contribution in [0.3, 0.4) is 0 Å². The number of nitrogens with zero attached hydrogens (tertiary/aromatic N) is 3. The number of carbonyl (C=O) groups excluding carboxylic acids is 1. The summed E-state index contributed by atoms with van der Waals surface area (Å²) in [5.74, 6) is 0.130. The maximum atomic E-state index is 12.2. The van der Waals surface area contributed by atoms with Gasteiger partial charge in [0.05, 0.1) is 15.4 Å². The van der Waals surface area contributed by atoms with Crippen molar-refractivity contribution in [3.63, 3.8) is 0 Å². The average molecular weight is 325 g/mol. The van der Waals surface area contributed by atoms with Gasteiger partial charge in [-0.2, -0.15) is 0 Å². The van der Waals surface area contributed by atoms with Gasteiger partial charge in [0.2, 0.25) is 5.95 Å². The minimum atomic E-state index is -0.0906. The third-order valence-corrected chi connectivity index (χ3v) is 4.29. The summed E-state index contributed by atoms with van der Waals surface area (Å²) >= 11 is 1.38. The van der Waals surface area contributed by atoms with E-state index >= 15 is 0 Å². The van der Waals surface area contributed by atoms with Gasteiger partial charge in [-0.05, 0) is 36.2 Å². The fourth-order valence-corrected chi connectivity index (χ4v) is 2.95. The molecule has 7 heteroatoms.